The van der Waals surface area contributed by atoms with Gasteiger partial charge in [-0.3, -0.25) is 4.79 Å². The number of nitrogens with one attached hydrogen (secondary N) is 2. The average Bonchev–Trinajstić information content (AvgIpc) is 3.15. The highest BCUT2D eigenvalue weighted by Gasteiger charge is 2.34. The number of thiophene rings is 1. The van der Waals surface area contributed by atoms with E-state index in [4.69, 9.17) is 0 Å². The molecular weight excluding hydrogens is 304 g/mol. The summed E-state index contributed by atoms with van der Waals surface area (Å²) in [7, 11) is 0. The van der Waals surface area contributed by atoms with Crippen molar-refractivity contribution in [2.45, 2.75) is 50.7 Å². The maximum Gasteiger partial charge on any atom is 0.262 e. The topological polar surface area (TPSA) is 41.1 Å². The average molecular weight is 326 g/mol. The minimum absolute atomic E-state index is 0.0851. The van der Waals surface area contributed by atoms with Crippen molar-refractivity contribution >= 4 is 17.2 Å². The fraction of sp³-hybridized carbons (Fsp3) is 0.421. The van der Waals surface area contributed by atoms with E-state index in [9.17, 15) is 4.79 Å². The van der Waals surface area contributed by atoms with Gasteiger partial charge in [-0.15, -0.1) is 11.3 Å². The highest BCUT2D eigenvalue weighted by Crippen LogP contribution is 2.30. The fourth-order valence-corrected chi connectivity index (χ4v) is 4.69. The molecule has 4 heteroatoms. The lowest BCUT2D eigenvalue weighted by Crippen LogP contribution is -2.47. The zero-order valence-corrected chi connectivity index (χ0v) is 14.2. The van der Waals surface area contributed by atoms with Crippen LogP contribution in [0, 0.1) is 6.92 Å². The molecule has 2 unspecified atom stereocenters. The van der Waals surface area contributed by atoms with Gasteiger partial charge in [0.1, 0.15) is 0 Å². The van der Waals surface area contributed by atoms with Crippen molar-refractivity contribution in [2.75, 3.05) is 0 Å². The van der Waals surface area contributed by atoms with Gasteiger partial charge in [0, 0.05) is 23.7 Å². The summed E-state index contributed by atoms with van der Waals surface area (Å²) in [5.74, 6) is 0.0851. The van der Waals surface area contributed by atoms with Gasteiger partial charge in [0.05, 0.1) is 4.88 Å². The van der Waals surface area contributed by atoms with Crippen LogP contribution in [0.15, 0.2) is 35.7 Å². The van der Waals surface area contributed by atoms with Gasteiger partial charge in [-0.1, -0.05) is 29.8 Å². The summed E-state index contributed by atoms with van der Waals surface area (Å²) in [4.78, 5) is 13.6. The molecule has 3 nitrogen and oxygen atoms in total. The first-order valence-corrected chi connectivity index (χ1v) is 9.28. The Morgan fingerprint density at radius 2 is 1.83 bits per heavy atom. The van der Waals surface area contributed by atoms with Gasteiger partial charge in [-0.25, -0.2) is 0 Å². The van der Waals surface area contributed by atoms with Crippen LogP contribution in [-0.4, -0.2) is 24.0 Å². The van der Waals surface area contributed by atoms with Crippen molar-refractivity contribution < 1.29 is 4.79 Å². The largest absolute Gasteiger partial charge is 0.348 e. The summed E-state index contributed by atoms with van der Waals surface area (Å²) in [6.45, 7) is 2.08. The lowest BCUT2D eigenvalue weighted by molar-refractivity contribution is 0.0928. The first-order valence-electron chi connectivity index (χ1n) is 8.40. The third-order valence-electron chi connectivity index (χ3n) is 5.04. The molecule has 1 aromatic carbocycles. The quantitative estimate of drug-likeness (QED) is 0.902. The van der Waals surface area contributed by atoms with E-state index in [0.29, 0.717) is 18.1 Å². The SMILES string of the molecule is Cc1ccc(-c2ccsc2C(=O)NC2CC3CCC(C2)N3)cc1. The van der Waals surface area contributed by atoms with Gasteiger partial charge >= 0.3 is 0 Å². The van der Waals surface area contributed by atoms with Crippen LogP contribution in [0.1, 0.15) is 40.9 Å². The highest BCUT2D eigenvalue weighted by molar-refractivity contribution is 7.12. The maximum absolute atomic E-state index is 12.7. The summed E-state index contributed by atoms with van der Waals surface area (Å²) in [6.07, 6.45) is 4.64. The van der Waals surface area contributed by atoms with Crippen LogP contribution in [-0.2, 0) is 0 Å². The number of fused-ring (bicyclic) bond motifs is 2. The van der Waals surface area contributed by atoms with Crippen LogP contribution in [0.3, 0.4) is 0 Å². The van der Waals surface area contributed by atoms with Crippen molar-refractivity contribution in [1.82, 2.24) is 10.6 Å². The van der Waals surface area contributed by atoms with E-state index in [2.05, 4.69) is 47.9 Å². The molecule has 0 radical (unpaired) electrons. The number of hydrogen-bond donors (Lipinski definition) is 2. The first kappa shape index (κ1) is 14.9. The predicted octanol–water partition coefficient (Wildman–Crippen LogP) is 3.74. The Bertz CT molecular complexity index is 694. The number of aryl methyl sites for hydroxylation is 1. The fourth-order valence-electron chi connectivity index (χ4n) is 3.87. The van der Waals surface area contributed by atoms with Gasteiger partial charge in [0.15, 0.2) is 0 Å². The van der Waals surface area contributed by atoms with Crippen molar-refractivity contribution in [1.29, 1.82) is 0 Å². The molecule has 120 valence electrons. The van der Waals surface area contributed by atoms with E-state index in [0.717, 1.165) is 28.8 Å². The molecular formula is C19H22N2OS. The van der Waals surface area contributed by atoms with E-state index in [1.807, 2.05) is 5.38 Å². The van der Waals surface area contributed by atoms with E-state index in [-0.39, 0.29) is 5.91 Å². The molecule has 4 rings (SSSR count). The predicted molar refractivity (Wildman–Crippen MR) is 94.9 cm³/mol. The molecule has 0 aliphatic carbocycles. The van der Waals surface area contributed by atoms with Crippen LogP contribution < -0.4 is 10.6 Å². The second-order valence-corrected chi connectivity index (χ2v) is 7.73. The Balaban J connectivity index is 1.51. The second kappa shape index (κ2) is 6.10. The number of carbonyl (C=O) groups is 1. The molecule has 3 heterocycles. The van der Waals surface area contributed by atoms with Crippen molar-refractivity contribution in [3.63, 3.8) is 0 Å². The van der Waals surface area contributed by atoms with Gasteiger partial charge in [0.2, 0.25) is 0 Å². The van der Waals surface area contributed by atoms with E-state index < -0.39 is 0 Å². The second-order valence-electron chi connectivity index (χ2n) is 6.81. The summed E-state index contributed by atoms with van der Waals surface area (Å²) in [6, 6.07) is 11.9. The Labute approximate surface area is 141 Å². The molecule has 2 N–H and O–H groups in total. The molecule has 2 aliphatic heterocycles. The first-order chi connectivity index (χ1) is 11.2. The van der Waals surface area contributed by atoms with Crippen LogP contribution in [0.25, 0.3) is 11.1 Å². The molecule has 2 fully saturated rings. The van der Waals surface area contributed by atoms with E-state index in [1.165, 1.54) is 29.7 Å². The smallest absolute Gasteiger partial charge is 0.262 e. The van der Waals surface area contributed by atoms with Gasteiger partial charge < -0.3 is 10.6 Å². The summed E-state index contributed by atoms with van der Waals surface area (Å²) >= 11 is 1.53. The number of piperidine rings is 1. The number of rotatable bonds is 3. The number of hydrogen-bond acceptors (Lipinski definition) is 3. The van der Waals surface area contributed by atoms with Crippen LogP contribution in [0.2, 0.25) is 0 Å². The molecule has 0 spiro atoms. The van der Waals surface area contributed by atoms with Crippen LogP contribution >= 0.6 is 11.3 Å². The number of amides is 1. The molecule has 2 aromatic rings. The van der Waals surface area contributed by atoms with Crippen molar-refractivity contribution in [3.05, 3.63) is 46.2 Å². The normalized spacial score (nSPS) is 26.2. The van der Waals surface area contributed by atoms with E-state index >= 15 is 0 Å². The molecule has 2 saturated heterocycles. The Morgan fingerprint density at radius 1 is 1.13 bits per heavy atom. The molecule has 2 bridgehead atoms. The molecule has 2 atom stereocenters. The monoisotopic (exact) mass is 326 g/mol. The third-order valence-corrected chi connectivity index (χ3v) is 5.96. The summed E-state index contributed by atoms with van der Waals surface area (Å²) in [5, 5.41) is 8.91. The van der Waals surface area contributed by atoms with Crippen molar-refractivity contribution in [2.24, 2.45) is 0 Å². The number of benzene rings is 1. The zero-order chi connectivity index (χ0) is 15.8. The standard InChI is InChI=1S/C19H22N2OS/c1-12-2-4-13(5-3-12)17-8-9-23-18(17)19(22)21-16-10-14-6-7-15(11-16)20-14/h2-5,8-9,14-16,20H,6-7,10-11H2,1H3,(H,21,22). The molecule has 1 amide bonds. The highest BCUT2D eigenvalue weighted by atomic mass is 32.1. The maximum atomic E-state index is 12.7. The third kappa shape index (κ3) is 3.06. The lowest BCUT2D eigenvalue weighted by Gasteiger charge is -2.29. The minimum atomic E-state index is 0.0851. The van der Waals surface area contributed by atoms with Gasteiger partial charge in [-0.05, 0) is 49.6 Å². The zero-order valence-electron chi connectivity index (χ0n) is 13.3. The Hall–Kier alpha value is -1.65. The molecule has 1 aromatic heterocycles. The Morgan fingerprint density at radius 3 is 2.52 bits per heavy atom. The van der Waals surface area contributed by atoms with Gasteiger partial charge in [-0.2, -0.15) is 0 Å². The summed E-state index contributed by atoms with van der Waals surface area (Å²) in [5.41, 5.74) is 3.40. The molecule has 2 aliphatic rings. The molecule has 0 saturated carbocycles. The van der Waals surface area contributed by atoms with Crippen LogP contribution in [0.5, 0.6) is 0 Å². The lowest BCUT2D eigenvalue weighted by atomic mass is 9.99. The Kier molecular flexibility index (Phi) is 3.95. The van der Waals surface area contributed by atoms with Crippen LogP contribution in [0.4, 0.5) is 0 Å². The van der Waals surface area contributed by atoms with Crippen molar-refractivity contribution in [3.8, 4) is 11.1 Å². The number of carbonyl (C=O) groups excluding carboxylic acids is 1. The minimum Gasteiger partial charge on any atom is -0.348 e. The molecule has 23 heavy (non-hydrogen) atoms. The summed E-state index contributed by atoms with van der Waals surface area (Å²) < 4.78 is 0. The van der Waals surface area contributed by atoms with E-state index in [1.54, 1.807) is 0 Å². The van der Waals surface area contributed by atoms with Gasteiger partial charge in [0.25, 0.3) is 5.91 Å².